The Balaban J connectivity index is 2.04. The lowest BCUT2D eigenvalue weighted by molar-refractivity contribution is -0.182. The van der Waals surface area contributed by atoms with Crippen LogP contribution in [0.25, 0.3) is 0 Å². The number of halogens is 1. The lowest BCUT2D eigenvalue weighted by Gasteiger charge is -2.23. The summed E-state index contributed by atoms with van der Waals surface area (Å²) >= 11 is 2.14. The van der Waals surface area contributed by atoms with E-state index in [0.717, 1.165) is 0 Å². The summed E-state index contributed by atoms with van der Waals surface area (Å²) in [5.41, 5.74) is 0. The molecule has 4 unspecified atom stereocenters. The normalized spacial score (nSPS) is 42.4. The first kappa shape index (κ1) is 11.1. The van der Waals surface area contributed by atoms with Gasteiger partial charge in [0.05, 0.1) is 12.7 Å². The van der Waals surface area contributed by atoms with Crippen molar-refractivity contribution in [2.45, 2.75) is 44.1 Å². The largest absolute Gasteiger partial charge is 0.390 e. The first-order valence-electron chi connectivity index (χ1n) is 4.75. The molecule has 0 radical (unpaired) electrons. The van der Waals surface area contributed by atoms with Crippen molar-refractivity contribution in [1.29, 1.82) is 0 Å². The van der Waals surface area contributed by atoms with Crippen LogP contribution >= 0.6 is 22.6 Å². The highest BCUT2D eigenvalue weighted by Gasteiger charge is 2.51. The average molecular weight is 314 g/mol. The molecule has 0 aromatic heterocycles. The Morgan fingerprint density at radius 3 is 2.86 bits per heavy atom. The van der Waals surface area contributed by atoms with E-state index in [-0.39, 0.29) is 18.3 Å². The summed E-state index contributed by atoms with van der Waals surface area (Å²) in [7, 11) is 0. The van der Waals surface area contributed by atoms with E-state index in [1.165, 1.54) is 0 Å². The third-order valence-electron chi connectivity index (χ3n) is 2.54. The molecule has 0 bridgehead atoms. The van der Waals surface area contributed by atoms with E-state index >= 15 is 0 Å². The van der Waals surface area contributed by atoms with Crippen LogP contribution in [-0.2, 0) is 14.2 Å². The highest BCUT2D eigenvalue weighted by molar-refractivity contribution is 14.1. The van der Waals surface area contributed by atoms with Crippen LogP contribution in [0.1, 0.15) is 13.8 Å². The van der Waals surface area contributed by atoms with Gasteiger partial charge < -0.3 is 19.3 Å². The van der Waals surface area contributed by atoms with Crippen molar-refractivity contribution in [3.8, 4) is 0 Å². The zero-order chi connectivity index (χ0) is 10.3. The van der Waals surface area contributed by atoms with Gasteiger partial charge in [0, 0.05) is 4.43 Å². The van der Waals surface area contributed by atoms with Crippen molar-refractivity contribution < 1.29 is 19.3 Å². The fourth-order valence-electron chi connectivity index (χ4n) is 1.99. The lowest BCUT2D eigenvalue weighted by Crippen LogP contribution is -2.39. The van der Waals surface area contributed by atoms with Gasteiger partial charge in [-0.1, -0.05) is 22.6 Å². The van der Waals surface area contributed by atoms with Crippen LogP contribution in [0.3, 0.4) is 0 Å². The molecule has 0 aromatic rings. The predicted molar refractivity (Wildman–Crippen MR) is 58.5 cm³/mol. The first-order chi connectivity index (χ1) is 6.53. The van der Waals surface area contributed by atoms with Crippen molar-refractivity contribution >= 4 is 22.6 Å². The molecule has 4 nitrogen and oxygen atoms in total. The summed E-state index contributed by atoms with van der Waals surface area (Å²) in [6, 6.07) is 0. The second-order valence-electron chi connectivity index (χ2n) is 4.16. The van der Waals surface area contributed by atoms with E-state index < -0.39 is 11.9 Å². The quantitative estimate of drug-likeness (QED) is 0.602. The SMILES string of the molecule is CC1(C)OC2COC(C(O)CI)C2O1. The molecule has 0 saturated carbocycles. The average Bonchev–Trinajstić information content (AvgIpc) is 2.58. The maximum absolute atomic E-state index is 9.71. The lowest BCUT2D eigenvalue weighted by atomic mass is 10.1. The van der Waals surface area contributed by atoms with Gasteiger partial charge in [0.2, 0.25) is 0 Å². The second kappa shape index (κ2) is 3.86. The molecule has 2 aliphatic heterocycles. The van der Waals surface area contributed by atoms with Crippen LogP contribution in [0.2, 0.25) is 0 Å². The van der Waals surface area contributed by atoms with Crippen LogP contribution in [0, 0.1) is 0 Å². The Labute approximate surface area is 97.0 Å². The molecular weight excluding hydrogens is 299 g/mol. The van der Waals surface area contributed by atoms with Crippen LogP contribution in [-0.4, -0.2) is 46.3 Å². The maximum atomic E-state index is 9.71. The van der Waals surface area contributed by atoms with E-state index in [1.807, 2.05) is 13.8 Å². The molecule has 2 aliphatic rings. The summed E-state index contributed by atoms with van der Waals surface area (Å²) in [6.07, 6.45) is -0.843. The molecule has 14 heavy (non-hydrogen) atoms. The fraction of sp³-hybridized carbons (Fsp3) is 1.00. The second-order valence-corrected chi connectivity index (χ2v) is 5.04. The summed E-state index contributed by atoms with van der Waals surface area (Å²) in [4.78, 5) is 0. The van der Waals surface area contributed by atoms with E-state index in [0.29, 0.717) is 11.0 Å². The van der Waals surface area contributed by atoms with Gasteiger partial charge in [0.25, 0.3) is 0 Å². The standard InChI is InChI=1S/C9H15IO4/c1-9(2)13-6-4-12-7(5(11)3-10)8(6)14-9/h5-8,11H,3-4H2,1-2H3. The van der Waals surface area contributed by atoms with E-state index in [9.17, 15) is 5.11 Å². The topological polar surface area (TPSA) is 47.9 Å². The minimum atomic E-state index is -0.539. The van der Waals surface area contributed by atoms with Crippen molar-refractivity contribution in [3.63, 3.8) is 0 Å². The molecule has 0 aromatic carbocycles. The van der Waals surface area contributed by atoms with Crippen LogP contribution in [0.5, 0.6) is 0 Å². The monoisotopic (exact) mass is 314 g/mol. The molecule has 1 N–H and O–H groups in total. The molecule has 82 valence electrons. The van der Waals surface area contributed by atoms with Gasteiger partial charge in [-0.25, -0.2) is 0 Å². The Morgan fingerprint density at radius 1 is 1.50 bits per heavy atom. The smallest absolute Gasteiger partial charge is 0.164 e. The molecular formula is C9H15IO4. The molecule has 2 saturated heterocycles. The Bertz CT molecular complexity index is 221. The van der Waals surface area contributed by atoms with Gasteiger partial charge in [0.1, 0.15) is 18.3 Å². The molecule has 5 heteroatoms. The van der Waals surface area contributed by atoms with Gasteiger partial charge in [-0.2, -0.15) is 0 Å². The first-order valence-corrected chi connectivity index (χ1v) is 6.27. The third-order valence-corrected chi connectivity index (χ3v) is 3.44. The minimum absolute atomic E-state index is 0.0207. The number of ether oxygens (including phenoxy) is 3. The number of alkyl halides is 1. The van der Waals surface area contributed by atoms with Crippen LogP contribution in [0.15, 0.2) is 0 Å². The zero-order valence-electron chi connectivity index (χ0n) is 8.27. The van der Waals surface area contributed by atoms with Crippen molar-refractivity contribution in [2.24, 2.45) is 0 Å². The number of hydrogen-bond donors (Lipinski definition) is 1. The van der Waals surface area contributed by atoms with Gasteiger partial charge in [-0.05, 0) is 13.8 Å². The zero-order valence-corrected chi connectivity index (χ0v) is 10.4. The van der Waals surface area contributed by atoms with Gasteiger partial charge in [-0.15, -0.1) is 0 Å². The summed E-state index contributed by atoms with van der Waals surface area (Å²) in [5, 5.41) is 9.71. The Hall–Kier alpha value is 0.570. The number of aliphatic hydroxyl groups excluding tert-OH is 1. The summed E-state index contributed by atoms with van der Waals surface area (Å²) < 4.78 is 17.4. The van der Waals surface area contributed by atoms with Crippen molar-refractivity contribution in [2.75, 3.05) is 11.0 Å². The third kappa shape index (κ3) is 1.92. The van der Waals surface area contributed by atoms with E-state index in [4.69, 9.17) is 14.2 Å². The summed E-state index contributed by atoms with van der Waals surface area (Å²) in [5.74, 6) is -0.539. The molecule has 4 atom stereocenters. The Morgan fingerprint density at radius 2 is 2.21 bits per heavy atom. The number of hydrogen-bond acceptors (Lipinski definition) is 4. The fourth-order valence-corrected chi connectivity index (χ4v) is 2.49. The Kier molecular flexibility index (Phi) is 3.05. The number of rotatable bonds is 2. The van der Waals surface area contributed by atoms with E-state index in [2.05, 4.69) is 22.6 Å². The van der Waals surface area contributed by atoms with Crippen LogP contribution < -0.4 is 0 Å². The molecule has 2 heterocycles. The van der Waals surface area contributed by atoms with Gasteiger partial charge in [-0.3, -0.25) is 0 Å². The van der Waals surface area contributed by atoms with Crippen molar-refractivity contribution in [3.05, 3.63) is 0 Å². The molecule has 2 fully saturated rings. The number of aliphatic hydroxyl groups is 1. The highest BCUT2D eigenvalue weighted by atomic mass is 127. The van der Waals surface area contributed by atoms with Gasteiger partial charge >= 0.3 is 0 Å². The minimum Gasteiger partial charge on any atom is -0.390 e. The van der Waals surface area contributed by atoms with Gasteiger partial charge in [0.15, 0.2) is 5.79 Å². The molecule has 2 rings (SSSR count). The van der Waals surface area contributed by atoms with E-state index in [1.54, 1.807) is 0 Å². The maximum Gasteiger partial charge on any atom is 0.164 e. The molecule has 0 aliphatic carbocycles. The highest BCUT2D eigenvalue weighted by Crippen LogP contribution is 2.36. The summed E-state index contributed by atoms with van der Waals surface area (Å²) in [6.45, 7) is 4.30. The molecule has 0 amide bonds. The molecule has 0 spiro atoms. The van der Waals surface area contributed by atoms with Crippen LogP contribution in [0.4, 0.5) is 0 Å². The number of fused-ring (bicyclic) bond motifs is 1. The predicted octanol–water partition coefficient (Wildman–Crippen LogP) is 0.701. The van der Waals surface area contributed by atoms with Crippen molar-refractivity contribution in [1.82, 2.24) is 0 Å².